The van der Waals surface area contributed by atoms with Crippen molar-refractivity contribution in [3.63, 3.8) is 0 Å². The van der Waals surface area contributed by atoms with Gasteiger partial charge in [-0.25, -0.2) is 0 Å². The fourth-order valence-corrected chi connectivity index (χ4v) is 2.71. The third kappa shape index (κ3) is 4.47. The summed E-state index contributed by atoms with van der Waals surface area (Å²) in [6, 6.07) is 11.0. The van der Waals surface area contributed by atoms with Gasteiger partial charge in [0.05, 0.1) is 0 Å². The summed E-state index contributed by atoms with van der Waals surface area (Å²) in [6.45, 7) is 18.8. The molecule has 0 amide bonds. The fourth-order valence-electron chi connectivity index (χ4n) is 2.71. The number of benzene rings is 2. The van der Waals surface area contributed by atoms with E-state index in [-0.39, 0.29) is 0 Å². The number of aryl methyl sites for hydroxylation is 1. The van der Waals surface area contributed by atoms with Gasteiger partial charge in [-0.05, 0) is 46.2 Å². The molecule has 0 aromatic heterocycles. The Balaban J connectivity index is 0.00000102. The van der Waals surface area contributed by atoms with Gasteiger partial charge in [-0.1, -0.05) is 91.5 Å². The molecule has 0 saturated heterocycles. The van der Waals surface area contributed by atoms with Crippen LogP contribution in [0.2, 0.25) is 0 Å². The van der Waals surface area contributed by atoms with Crippen LogP contribution in [0.4, 0.5) is 0 Å². The second-order valence-electron chi connectivity index (χ2n) is 4.95. The molecule has 0 heterocycles. The SMILES string of the molecule is C=Cc1c(C(C)CC)cc2ccccc2c1CC.CC.CC. The minimum absolute atomic E-state index is 0.591. The van der Waals surface area contributed by atoms with Gasteiger partial charge in [0.1, 0.15) is 0 Å². The molecule has 22 heavy (non-hydrogen) atoms. The third-order valence-corrected chi connectivity index (χ3v) is 3.93. The molecule has 2 rings (SSSR count). The Morgan fingerprint density at radius 3 is 2.14 bits per heavy atom. The van der Waals surface area contributed by atoms with Gasteiger partial charge >= 0.3 is 0 Å². The minimum atomic E-state index is 0.591. The van der Waals surface area contributed by atoms with Crippen LogP contribution in [-0.2, 0) is 6.42 Å². The molecule has 0 bridgehead atoms. The van der Waals surface area contributed by atoms with Crippen molar-refractivity contribution in [2.75, 3.05) is 0 Å². The molecule has 0 aliphatic rings. The molecule has 0 radical (unpaired) electrons. The Labute approximate surface area is 138 Å². The molecular weight excluding hydrogens is 264 g/mol. The van der Waals surface area contributed by atoms with E-state index in [9.17, 15) is 0 Å². The quantitative estimate of drug-likeness (QED) is 0.544. The standard InChI is InChI=1S/C18H22.2C2H6/c1-5-13(4)18-12-14-10-8-9-11-17(14)15(6-2)16(18)7-3;2*1-2/h7-13H,3,5-6H2,1-2,4H3;2*1-2H3. The highest BCUT2D eigenvalue weighted by Crippen LogP contribution is 2.32. The Morgan fingerprint density at radius 2 is 1.64 bits per heavy atom. The van der Waals surface area contributed by atoms with Crippen molar-refractivity contribution in [1.29, 1.82) is 0 Å². The second-order valence-corrected chi connectivity index (χ2v) is 4.95. The van der Waals surface area contributed by atoms with E-state index < -0.39 is 0 Å². The molecule has 0 aliphatic carbocycles. The maximum atomic E-state index is 4.02. The molecule has 0 N–H and O–H groups in total. The van der Waals surface area contributed by atoms with Crippen molar-refractivity contribution in [3.8, 4) is 0 Å². The zero-order valence-corrected chi connectivity index (χ0v) is 15.7. The molecule has 2 aromatic carbocycles. The Kier molecular flexibility index (Phi) is 10.3. The second kappa shape index (κ2) is 11.1. The van der Waals surface area contributed by atoms with Gasteiger partial charge in [0, 0.05) is 0 Å². The lowest BCUT2D eigenvalue weighted by molar-refractivity contribution is 0.732. The first kappa shape index (κ1) is 20.4. The summed E-state index contributed by atoms with van der Waals surface area (Å²) in [6.07, 6.45) is 4.27. The average molecular weight is 299 g/mol. The van der Waals surface area contributed by atoms with E-state index in [2.05, 4.69) is 57.7 Å². The first-order valence-corrected chi connectivity index (χ1v) is 8.89. The summed E-state index contributed by atoms with van der Waals surface area (Å²) in [5.74, 6) is 0.591. The first-order chi connectivity index (χ1) is 10.7. The highest BCUT2D eigenvalue weighted by Gasteiger charge is 2.13. The number of hydrogen-bond donors (Lipinski definition) is 0. The molecule has 0 nitrogen and oxygen atoms in total. The van der Waals surface area contributed by atoms with Crippen molar-refractivity contribution in [1.82, 2.24) is 0 Å². The summed E-state index contributed by atoms with van der Waals surface area (Å²) in [5, 5.41) is 2.73. The van der Waals surface area contributed by atoms with Gasteiger partial charge in [0.15, 0.2) is 0 Å². The monoisotopic (exact) mass is 298 g/mol. The predicted molar refractivity (Wildman–Crippen MR) is 105 cm³/mol. The summed E-state index contributed by atoms with van der Waals surface area (Å²) >= 11 is 0. The summed E-state index contributed by atoms with van der Waals surface area (Å²) < 4.78 is 0. The Hall–Kier alpha value is -1.56. The van der Waals surface area contributed by atoms with Crippen LogP contribution in [0.15, 0.2) is 36.9 Å². The Bertz CT molecular complexity index is 564. The molecular formula is C22H34. The van der Waals surface area contributed by atoms with Gasteiger partial charge in [-0.15, -0.1) is 0 Å². The van der Waals surface area contributed by atoms with Crippen LogP contribution < -0.4 is 0 Å². The lowest BCUT2D eigenvalue weighted by Gasteiger charge is -2.18. The topological polar surface area (TPSA) is 0 Å². The summed E-state index contributed by atoms with van der Waals surface area (Å²) in [7, 11) is 0. The van der Waals surface area contributed by atoms with E-state index >= 15 is 0 Å². The normalized spacial score (nSPS) is 10.9. The van der Waals surface area contributed by atoms with E-state index in [0.29, 0.717) is 5.92 Å². The van der Waals surface area contributed by atoms with Gasteiger partial charge < -0.3 is 0 Å². The van der Waals surface area contributed by atoms with Crippen LogP contribution in [-0.4, -0.2) is 0 Å². The van der Waals surface area contributed by atoms with E-state index in [1.54, 1.807) is 0 Å². The molecule has 0 spiro atoms. The molecule has 1 atom stereocenters. The molecule has 0 fully saturated rings. The van der Waals surface area contributed by atoms with Crippen LogP contribution in [0.3, 0.4) is 0 Å². The smallest absolute Gasteiger partial charge is 0.0146 e. The minimum Gasteiger partial charge on any atom is -0.0984 e. The van der Waals surface area contributed by atoms with Crippen LogP contribution in [0.5, 0.6) is 0 Å². The zero-order valence-electron chi connectivity index (χ0n) is 15.7. The predicted octanol–water partition coefficient (Wildman–Crippen LogP) is 7.61. The highest BCUT2D eigenvalue weighted by atomic mass is 14.2. The number of hydrogen-bond acceptors (Lipinski definition) is 0. The zero-order chi connectivity index (χ0) is 17.1. The van der Waals surface area contributed by atoms with Crippen LogP contribution in [0.25, 0.3) is 16.8 Å². The largest absolute Gasteiger partial charge is 0.0984 e. The van der Waals surface area contributed by atoms with E-state index in [4.69, 9.17) is 0 Å². The molecule has 1 unspecified atom stereocenters. The van der Waals surface area contributed by atoms with Gasteiger partial charge in [-0.3, -0.25) is 0 Å². The number of rotatable bonds is 4. The molecule has 0 heteroatoms. The molecule has 2 aromatic rings. The van der Waals surface area contributed by atoms with E-state index in [1.165, 1.54) is 33.9 Å². The van der Waals surface area contributed by atoms with E-state index in [1.807, 2.05) is 33.8 Å². The van der Waals surface area contributed by atoms with Gasteiger partial charge in [0.2, 0.25) is 0 Å². The summed E-state index contributed by atoms with van der Waals surface area (Å²) in [5.41, 5.74) is 4.24. The van der Waals surface area contributed by atoms with Gasteiger partial charge in [0.25, 0.3) is 0 Å². The van der Waals surface area contributed by atoms with Crippen LogP contribution in [0, 0.1) is 0 Å². The third-order valence-electron chi connectivity index (χ3n) is 3.93. The van der Waals surface area contributed by atoms with Crippen molar-refractivity contribution < 1.29 is 0 Å². The van der Waals surface area contributed by atoms with Crippen LogP contribution >= 0.6 is 0 Å². The lowest BCUT2D eigenvalue weighted by Crippen LogP contribution is -2.00. The number of fused-ring (bicyclic) bond motifs is 1. The lowest BCUT2D eigenvalue weighted by atomic mass is 9.86. The summed E-state index contributed by atoms with van der Waals surface area (Å²) in [4.78, 5) is 0. The van der Waals surface area contributed by atoms with Crippen molar-refractivity contribution >= 4 is 16.8 Å². The first-order valence-electron chi connectivity index (χ1n) is 8.89. The van der Waals surface area contributed by atoms with Gasteiger partial charge in [-0.2, -0.15) is 0 Å². The molecule has 0 saturated carbocycles. The van der Waals surface area contributed by atoms with Crippen molar-refractivity contribution in [2.24, 2.45) is 0 Å². The fraction of sp³-hybridized carbons (Fsp3) is 0.455. The maximum absolute atomic E-state index is 4.02. The molecule has 0 aliphatic heterocycles. The highest BCUT2D eigenvalue weighted by molar-refractivity contribution is 5.90. The average Bonchev–Trinajstić information content (AvgIpc) is 2.62. The molecule has 122 valence electrons. The maximum Gasteiger partial charge on any atom is -0.0146 e. The van der Waals surface area contributed by atoms with Crippen LogP contribution in [0.1, 0.15) is 77.5 Å². The van der Waals surface area contributed by atoms with Crippen molar-refractivity contribution in [3.05, 3.63) is 53.6 Å². The van der Waals surface area contributed by atoms with E-state index in [0.717, 1.165) is 6.42 Å². The Morgan fingerprint density at radius 1 is 1.05 bits per heavy atom. The van der Waals surface area contributed by atoms with Crippen molar-refractivity contribution in [2.45, 2.75) is 67.2 Å².